The topological polar surface area (TPSA) is 75.3 Å². The summed E-state index contributed by atoms with van der Waals surface area (Å²) in [6.07, 6.45) is 3.13. The summed E-state index contributed by atoms with van der Waals surface area (Å²) in [4.78, 5) is 12.1. The molecule has 0 aliphatic heterocycles. The maximum atomic E-state index is 12.0. The van der Waals surface area contributed by atoms with Crippen molar-refractivity contribution in [1.29, 1.82) is 0 Å². The third-order valence-corrected chi connectivity index (χ3v) is 5.39. The Morgan fingerprint density at radius 2 is 1.79 bits per heavy atom. The summed E-state index contributed by atoms with van der Waals surface area (Å²) in [6, 6.07) is 11.8. The fourth-order valence-corrected chi connectivity index (χ4v) is 3.31. The van der Waals surface area contributed by atoms with Crippen molar-refractivity contribution >= 4 is 43.6 Å². The zero-order chi connectivity index (χ0) is 17.7. The summed E-state index contributed by atoms with van der Waals surface area (Å²) >= 11 is 3.45. The van der Waals surface area contributed by atoms with Crippen LogP contribution in [0.25, 0.3) is 6.08 Å². The highest BCUT2D eigenvalue weighted by atomic mass is 79.9. The van der Waals surface area contributed by atoms with Gasteiger partial charge in [0.1, 0.15) is 0 Å². The maximum Gasteiger partial charge on any atom is 0.248 e. The van der Waals surface area contributed by atoms with Crippen LogP contribution in [0.2, 0.25) is 0 Å². The molecule has 0 atom stereocenters. The lowest BCUT2D eigenvalue weighted by Gasteiger charge is -2.05. The van der Waals surface area contributed by atoms with E-state index < -0.39 is 10.0 Å². The van der Waals surface area contributed by atoms with Crippen molar-refractivity contribution in [3.05, 3.63) is 64.1 Å². The van der Waals surface area contributed by atoms with Crippen LogP contribution in [0.15, 0.2) is 57.9 Å². The molecule has 0 heterocycles. The Labute approximate surface area is 150 Å². The van der Waals surface area contributed by atoms with Crippen molar-refractivity contribution in [2.45, 2.75) is 11.8 Å². The molecule has 7 heteroatoms. The first-order valence-electron chi connectivity index (χ1n) is 7.10. The molecular formula is C17H17BrN2O3S. The van der Waals surface area contributed by atoms with Crippen LogP contribution >= 0.6 is 15.9 Å². The van der Waals surface area contributed by atoms with Crippen molar-refractivity contribution in [3.63, 3.8) is 0 Å². The lowest BCUT2D eigenvalue weighted by molar-refractivity contribution is -0.111. The molecule has 0 radical (unpaired) electrons. The molecule has 126 valence electrons. The van der Waals surface area contributed by atoms with Gasteiger partial charge in [0.05, 0.1) is 4.90 Å². The molecule has 0 unspecified atom stereocenters. The maximum absolute atomic E-state index is 12.0. The van der Waals surface area contributed by atoms with Crippen LogP contribution in [0.5, 0.6) is 0 Å². The lowest BCUT2D eigenvalue weighted by Crippen LogP contribution is -2.18. The molecule has 0 saturated heterocycles. The van der Waals surface area contributed by atoms with Crippen molar-refractivity contribution in [1.82, 2.24) is 4.72 Å². The number of carbonyl (C=O) groups excluding carboxylic acids is 1. The second-order valence-electron chi connectivity index (χ2n) is 5.08. The van der Waals surface area contributed by atoms with Gasteiger partial charge in [-0.2, -0.15) is 0 Å². The van der Waals surface area contributed by atoms with E-state index in [0.717, 1.165) is 15.6 Å². The van der Waals surface area contributed by atoms with Crippen molar-refractivity contribution in [2.75, 3.05) is 12.4 Å². The fraction of sp³-hybridized carbons (Fsp3) is 0.118. The first kappa shape index (κ1) is 18.4. The van der Waals surface area contributed by atoms with Gasteiger partial charge in [0, 0.05) is 16.2 Å². The molecule has 5 nitrogen and oxygen atoms in total. The molecule has 2 N–H and O–H groups in total. The third-order valence-electron chi connectivity index (χ3n) is 3.27. The smallest absolute Gasteiger partial charge is 0.248 e. The molecule has 0 bridgehead atoms. The number of rotatable bonds is 5. The Kier molecular flexibility index (Phi) is 5.93. The number of sulfonamides is 1. The van der Waals surface area contributed by atoms with E-state index in [1.54, 1.807) is 6.08 Å². The van der Waals surface area contributed by atoms with Gasteiger partial charge in [-0.1, -0.05) is 28.1 Å². The minimum Gasteiger partial charge on any atom is -0.323 e. The zero-order valence-electron chi connectivity index (χ0n) is 13.2. The summed E-state index contributed by atoms with van der Waals surface area (Å²) in [5.74, 6) is -0.299. The van der Waals surface area contributed by atoms with E-state index >= 15 is 0 Å². The Balaban J connectivity index is 2.06. The van der Waals surface area contributed by atoms with Crippen LogP contribution in [0.3, 0.4) is 0 Å². The lowest BCUT2D eigenvalue weighted by atomic mass is 10.1. The summed E-state index contributed by atoms with van der Waals surface area (Å²) in [7, 11) is -2.13. The molecule has 2 rings (SSSR count). The van der Waals surface area contributed by atoms with E-state index in [1.807, 2.05) is 25.1 Å². The van der Waals surface area contributed by atoms with Crippen molar-refractivity contribution < 1.29 is 13.2 Å². The van der Waals surface area contributed by atoms with E-state index in [-0.39, 0.29) is 10.8 Å². The Morgan fingerprint density at radius 3 is 2.38 bits per heavy atom. The molecule has 0 fully saturated rings. The Morgan fingerprint density at radius 1 is 1.12 bits per heavy atom. The highest BCUT2D eigenvalue weighted by Crippen LogP contribution is 2.20. The average Bonchev–Trinajstić information content (AvgIpc) is 2.54. The van der Waals surface area contributed by atoms with Gasteiger partial charge >= 0.3 is 0 Å². The van der Waals surface area contributed by atoms with Gasteiger partial charge in [-0.3, -0.25) is 4.79 Å². The quantitative estimate of drug-likeness (QED) is 0.744. The number of benzene rings is 2. The van der Waals surface area contributed by atoms with Crippen LogP contribution in [0.1, 0.15) is 11.1 Å². The monoisotopic (exact) mass is 408 g/mol. The molecular weight excluding hydrogens is 392 g/mol. The normalized spacial score (nSPS) is 11.6. The number of amides is 1. The van der Waals surface area contributed by atoms with E-state index in [9.17, 15) is 13.2 Å². The number of anilines is 1. The van der Waals surface area contributed by atoms with Crippen molar-refractivity contribution in [3.8, 4) is 0 Å². The van der Waals surface area contributed by atoms with Crippen LogP contribution in [0, 0.1) is 6.92 Å². The molecule has 0 aliphatic carbocycles. The molecule has 2 aromatic rings. The minimum atomic E-state index is -3.48. The second-order valence-corrected chi connectivity index (χ2v) is 7.82. The molecule has 0 aromatic heterocycles. The SMILES string of the molecule is CNS(=O)(=O)c1ccc(NC(=O)/C=C/c2ccc(C)cc2Br)cc1. The summed E-state index contributed by atoms with van der Waals surface area (Å²) < 4.78 is 26.4. The van der Waals surface area contributed by atoms with Crippen LogP contribution in [0.4, 0.5) is 5.69 Å². The first-order valence-corrected chi connectivity index (χ1v) is 9.38. The van der Waals surface area contributed by atoms with Gasteiger partial charge in [-0.15, -0.1) is 0 Å². The standard InChI is InChI=1S/C17H17BrN2O3S/c1-12-3-4-13(16(18)11-12)5-10-17(21)20-14-6-8-15(9-7-14)24(22,23)19-2/h3-11,19H,1-2H3,(H,20,21)/b10-5+. The van der Waals surface area contributed by atoms with Gasteiger partial charge < -0.3 is 5.32 Å². The van der Waals surface area contributed by atoms with Crippen LogP contribution in [-0.4, -0.2) is 21.4 Å². The van der Waals surface area contributed by atoms with E-state index in [4.69, 9.17) is 0 Å². The summed E-state index contributed by atoms with van der Waals surface area (Å²) in [5, 5.41) is 2.68. The molecule has 24 heavy (non-hydrogen) atoms. The van der Waals surface area contributed by atoms with Crippen LogP contribution in [-0.2, 0) is 14.8 Å². The Hall–Kier alpha value is -1.96. The molecule has 0 aliphatic rings. The summed E-state index contributed by atoms with van der Waals surface area (Å²) in [5.41, 5.74) is 2.54. The first-order chi connectivity index (χ1) is 11.3. The molecule has 2 aromatic carbocycles. The largest absolute Gasteiger partial charge is 0.323 e. The van der Waals surface area contributed by atoms with Gasteiger partial charge in [-0.25, -0.2) is 13.1 Å². The van der Waals surface area contributed by atoms with Gasteiger partial charge in [0.25, 0.3) is 0 Å². The predicted molar refractivity (Wildman–Crippen MR) is 99.2 cm³/mol. The highest BCUT2D eigenvalue weighted by molar-refractivity contribution is 9.10. The number of hydrogen-bond donors (Lipinski definition) is 2. The Bertz CT molecular complexity index is 875. The highest BCUT2D eigenvalue weighted by Gasteiger charge is 2.10. The number of aryl methyl sites for hydroxylation is 1. The average molecular weight is 409 g/mol. The van der Waals surface area contributed by atoms with Crippen LogP contribution < -0.4 is 10.0 Å². The van der Waals surface area contributed by atoms with Gasteiger partial charge in [0.15, 0.2) is 0 Å². The third kappa shape index (κ3) is 4.77. The van der Waals surface area contributed by atoms with E-state index in [0.29, 0.717) is 5.69 Å². The molecule has 0 saturated carbocycles. The van der Waals surface area contributed by atoms with E-state index in [1.165, 1.54) is 37.4 Å². The number of nitrogens with one attached hydrogen (secondary N) is 2. The van der Waals surface area contributed by atoms with E-state index in [2.05, 4.69) is 26.0 Å². The van der Waals surface area contributed by atoms with Gasteiger partial charge in [0.2, 0.25) is 15.9 Å². The number of hydrogen-bond acceptors (Lipinski definition) is 3. The molecule has 0 spiro atoms. The minimum absolute atomic E-state index is 0.141. The second kappa shape index (κ2) is 7.74. The number of carbonyl (C=O) groups is 1. The number of halogens is 1. The van der Waals surface area contributed by atoms with Gasteiger partial charge in [-0.05, 0) is 61.5 Å². The van der Waals surface area contributed by atoms with Crippen molar-refractivity contribution in [2.24, 2.45) is 0 Å². The fourth-order valence-electron chi connectivity index (χ4n) is 1.95. The summed E-state index contributed by atoms with van der Waals surface area (Å²) in [6.45, 7) is 1.99. The zero-order valence-corrected chi connectivity index (χ0v) is 15.6. The predicted octanol–water partition coefficient (Wildman–Crippen LogP) is 3.32. The molecule has 1 amide bonds.